The van der Waals surface area contributed by atoms with Crippen molar-refractivity contribution in [1.82, 2.24) is 0 Å². The van der Waals surface area contributed by atoms with Crippen LogP contribution in [0.1, 0.15) is 18.1 Å². The summed E-state index contributed by atoms with van der Waals surface area (Å²) >= 11 is 0. The van der Waals surface area contributed by atoms with Crippen molar-refractivity contribution in [3.05, 3.63) is 29.3 Å². The van der Waals surface area contributed by atoms with Gasteiger partial charge in [0.1, 0.15) is 5.75 Å². The Morgan fingerprint density at radius 3 is 2.50 bits per heavy atom. The number of benzene rings is 1. The molecule has 0 saturated heterocycles. The molecule has 0 heterocycles. The Morgan fingerprint density at radius 1 is 1.33 bits per heavy atom. The number of phenols is 1. The Morgan fingerprint density at radius 2 is 2.00 bits per heavy atom. The summed E-state index contributed by atoms with van der Waals surface area (Å²) in [5.74, 6) is 0.269. The molecular formula is C10H14O2. The van der Waals surface area contributed by atoms with Gasteiger partial charge in [-0.2, -0.15) is 0 Å². The Kier molecular flexibility index (Phi) is 2.71. The highest BCUT2D eigenvalue weighted by Crippen LogP contribution is 2.16. The first-order valence-electron chi connectivity index (χ1n) is 4.05. The quantitative estimate of drug-likeness (QED) is 0.701. The molecule has 0 aliphatic rings. The van der Waals surface area contributed by atoms with Crippen molar-refractivity contribution >= 4 is 0 Å². The van der Waals surface area contributed by atoms with Gasteiger partial charge in [-0.3, -0.25) is 0 Å². The van der Waals surface area contributed by atoms with Crippen molar-refractivity contribution in [1.29, 1.82) is 0 Å². The van der Waals surface area contributed by atoms with Crippen molar-refractivity contribution < 1.29 is 10.2 Å². The number of aromatic hydroxyl groups is 1. The second kappa shape index (κ2) is 3.59. The Hall–Kier alpha value is -1.02. The van der Waals surface area contributed by atoms with Crippen molar-refractivity contribution in [2.24, 2.45) is 0 Å². The molecule has 2 heteroatoms. The first-order valence-corrected chi connectivity index (χ1v) is 4.05. The summed E-state index contributed by atoms with van der Waals surface area (Å²) in [4.78, 5) is 0. The van der Waals surface area contributed by atoms with Crippen molar-refractivity contribution in [3.63, 3.8) is 0 Å². The Balaban J connectivity index is 2.85. The average molecular weight is 166 g/mol. The molecular weight excluding hydrogens is 152 g/mol. The smallest absolute Gasteiger partial charge is 0.116 e. The number of phenolic OH excluding ortho intramolecular Hbond substituents is 1. The standard InChI is InChI=1S/C10H14O2/c1-7-3-9(5-8(2)11)6-10(12)4-7/h3-4,6,8,11-12H,5H2,1-2H3. The van der Waals surface area contributed by atoms with E-state index in [9.17, 15) is 5.11 Å². The molecule has 2 N–H and O–H groups in total. The number of aryl methyl sites for hydroxylation is 1. The van der Waals surface area contributed by atoms with Crippen LogP contribution < -0.4 is 0 Å². The minimum absolute atomic E-state index is 0.269. The summed E-state index contributed by atoms with van der Waals surface area (Å²) in [5, 5.41) is 18.3. The molecule has 0 amide bonds. The predicted octanol–water partition coefficient (Wildman–Crippen LogP) is 1.62. The summed E-state index contributed by atoms with van der Waals surface area (Å²) in [5.41, 5.74) is 1.99. The van der Waals surface area contributed by atoms with E-state index in [0.717, 1.165) is 11.1 Å². The van der Waals surface area contributed by atoms with Crippen molar-refractivity contribution in [2.75, 3.05) is 0 Å². The molecule has 0 spiro atoms. The van der Waals surface area contributed by atoms with E-state index >= 15 is 0 Å². The molecule has 0 radical (unpaired) electrons. The third-order valence-corrected chi connectivity index (χ3v) is 1.65. The van der Waals surface area contributed by atoms with Crippen LogP contribution in [0.15, 0.2) is 18.2 Å². The van der Waals surface area contributed by atoms with Gasteiger partial charge in [0.25, 0.3) is 0 Å². The molecule has 2 nitrogen and oxygen atoms in total. The lowest BCUT2D eigenvalue weighted by Crippen LogP contribution is -2.03. The SMILES string of the molecule is Cc1cc(O)cc(CC(C)O)c1. The third-order valence-electron chi connectivity index (χ3n) is 1.65. The van der Waals surface area contributed by atoms with Crippen LogP contribution in [-0.4, -0.2) is 16.3 Å². The summed E-state index contributed by atoms with van der Waals surface area (Å²) in [6.45, 7) is 3.66. The highest BCUT2D eigenvalue weighted by atomic mass is 16.3. The molecule has 12 heavy (non-hydrogen) atoms. The third kappa shape index (κ3) is 2.55. The molecule has 0 aliphatic heterocycles. The molecule has 0 aliphatic carbocycles. The zero-order valence-corrected chi connectivity index (χ0v) is 7.41. The van der Waals surface area contributed by atoms with E-state index in [1.165, 1.54) is 0 Å². The van der Waals surface area contributed by atoms with Crippen LogP contribution in [0, 0.1) is 6.92 Å². The molecule has 1 rings (SSSR count). The molecule has 66 valence electrons. The van der Waals surface area contributed by atoms with Gasteiger partial charge in [0.05, 0.1) is 6.10 Å². The van der Waals surface area contributed by atoms with Gasteiger partial charge in [0.15, 0.2) is 0 Å². The molecule has 0 saturated carbocycles. The summed E-state index contributed by atoms with van der Waals surface area (Å²) in [6.07, 6.45) is 0.237. The van der Waals surface area contributed by atoms with Crippen LogP contribution in [0.25, 0.3) is 0 Å². The number of aliphatic hydroxyl groups excluding tert-OH is 1. The lowest BCUT2D eigenvalue weighted by Gasteiger charge is -2.05. The summed E-state index contributed by atoms with van der Waals surface area (Å²) in [6, 6.07) is 5.34. The van der Waals surface area contributed by atoms with Gasteiger partial charge in [0, 0.05) is 0 Å². The molecule has 1 atom stereocenters. The van der Waals surface area contributed by atoms with E-state index in [2.05, 4.69) is 0 Å². The van der Waals surface area contributed by atoms with Crippen LogP contribution in [-0.2, 0) is 6.42 Å². The van der Waals surface area contributed by atoms with E-state index in [4.69, 9.17) is 5.11 Å². The first kappa shape index (κ1) is 9.07. The lowest BCUT2D eigenvalue weighted by molar-refractivity contribution is 0.195. The van der Waals surface area contributed by atoms with Crippen LogP contribution in [0.3, 0.4) is 0 Å². The van der Waals surface area contributed by atoms with Gasteiger partial charge in [-0.1, -0.05) is 6.07 Å². The maximum Gasteiger partial charge on any atom is 0.116 e. The normalized spacial score (nSPS) is 12.9. The second-order valence-corrected chi connectivity index (χ2v) is 3.23. The fraction of sp³-hybridized carbons (Fsp3) is 0.400. The topological polar surface area (TPSA) is 40.5 Å². The van der Waals surface area contributed by atoms with E-state index in [1.807, 2.05) is 13.0 Å². The second-order valence-electron chi connectivity index (χ2n) is 3.23. The van der Waals surface area contributed by atoms with Crippen molar-refractivity contribution in [3.8, 4) is 5.75 Å². The minimum Gasteiger partial charge on any atom is -0.508 e. The average Bonchev–Trinajstić information content (AvgIpc) is 1.81. The molecule has 0 fully saturated rings. The van der Waals surface area contributed by atoms with Crippen LogP contribution in [0.4, 0.5) is 0 Å². The van der Waals surface area contributed by atoms with Crippen molar-refractivity contribution in [2.45, 2.75) is 26.4 Å². The van der Waals surface area contributed by atoms with Crippen LogP contribution >= 0.6 is 0 Å². The van der Waals surface area contributed by atoms with E-state index in [-0.39, 0.29) is 11.9 Å². The maximum absolute atomic E-state index is 9.23. The fourth-order valence-electron chi connectivity index (χ4n) is 1.30. The fourth-order valence-corrected chi connectivity index (χ4v) is 1.30. The van der Waals surface area contributed by atoms with E-state index in [0.29, 0.717) is 6.42 Å². The van der Waals surface area contributed by atoms with Crippen LogP contribution in [0.2, 0.25) is 0 Å². The minimum atomic E-state index is -0.355. The molecule has 1 aromatic carbocycles. The Bertz CT molecular complexity index is 246. The lowest BCUT2D eigenvalue weighted by atomic mass is 10.1. The molecule has 0 bridgehead atoms. The molecule has 1 unspecified atom stereocenters. The van der Waals surface area contributed by atoms with E-state index in [1.54, 1.807) is 19.1 Å². The van der Waals surface area contributed by atoms with E-state index < -0.39 is 0 Å². The highest BCUT2D eigenvalue weighted by Gasteiger charge is 2.00. The van der Waals surface area contributed by atoms with Crippen LogP contribution in [0.5, 0.6) is 5.75 Å². The van der Waals surface area contributed by atoms with Gasteiger partial charge < -0.3 is 10.2 Å². The summed E-state index contributed by atoms with van der Waals surface area (Å²) < 4.78 is 0. The zero-order chi connectivity index (χ0) is 9.14. The van der Waals surface area contributed by atoms with Gasteiger partial charge in [-0.25, -0.2) is 0 Å². The Labute approximate surface area is 72.5 Å². The summed E-state index contributed by atoms with van der Waals surface area (Å²) in [7, 11) is 0. The maximum atomic E-state index is 9.23. The predicted molar refractivity (Wildman–Crippen MR) is 48.2 cm³/mol. The number of hydrogen-bond donors (Lipinski definition) is 2. The van der Waals surface area contributed by atoms with Gasteiger partial charge in [0.2, 0.25) is 0 Å². The number of rotatable bonds is 2. The number of hydrogen-bond acceptors (Lipinski definition) is 2. The zero-order valence-electron chi connectivity index (χ0n) is 7.41. The first-order chi connectivity index (χ1) is 5.58. The number of aliphatic hydroxyl groups is 1. The molecule has 0 aromatic heterocycles. The molecule has 1 aromatic rings. The monoisotopic (exact) mass is 166 g/mol. The van der Waals surface area contributed by atoms with Gasteiger partial charge >= 0.3 is 0 Å². The highest BCUT2D eigenvalue weighted by molar-refractivity contribution is 5.32. The van der Waals surface area contributed by atoms with Gasteiger partial charge in [-0.15, -0.1) is 0 Å². The largest absolute Gasteiger partial charge is 0.508 e. The van der Waals surface area contributed by atoms with Gasteiger partial charge in [-0.05, 0) is 43.5 Å².